The Morgan fingerprint density at radius 3 is 2.53 bits per heavy atom. The number of aromatic nitrogens is 1. The van der Waals surface area contributed by atoms with Crippen molar-refractivity contribution in [1.82, 2.24) is 9.88 Å². The summed E-state index contributed by atoms with van der Waals surface area (Å²) in [6.45, 7) is 9.91. The lowest BCUT2D eigenvalue weighted by Gasteiger charge is -2.30. The quantitative estimate of drug-likeness (QED) is 0.804. The van der Waals surface area contributed by atoms with Gasteiger partial charge in [0, 0.05) is 24.8 Å². The van der Waals surface area contributed by atoms with E-state index in [2.05, 4.69) is 37.6 Å². The molecule has 0 N–H and O–H groups in total. The van der Waals surface area contributed by atoms with Gasteiger partial charge >= 0.3 is 0 Å². The zero-order valence-electron chi connectivity index (χ0n) is 11.9. The maximum Gasteiger partial charge on any atom is 0.233 e. The van der Waals surface area contributed by atoms with Crippen LogP contribution in [0.25, 0.3) is 0 Å². The summed E-state index contributed by atoms with van der Waals surface area (Å²) in [5.41, 5.74) is 0.385. The highest BCUT2D eigenvalue weighted by Crippen LogP contribution is 2.24. The van der Waals surface area contributed by atoms with E-state index >= 15 is 0 Å². The number of hydrogen-bond donors (Lipinski definition) is 0. The molecule has 1 heterocycles. The van der Waals surface area contributed by atoms with E-state index < -0.39 is 0 Å². The number of ether oxygens (including phenoxy) is 1. The Labute approximate surface area is 120 Å². The van der Waals surface area contributed by atoms with Gasteiger partial charge in [-0.3, -0.25) is 4.90 Å². The molecular weight excluding hydrogens is 262 g/mol. The van der Waals surface area contributed by atoms with Gasteiger partial charge in [-0.15, -0.1) is 0 Å². The molecule has 0 spiro atoms. The van der Waals surface area contributed by atoms with E-state index in [9.17, 15) is 0 Å². The first-order chi connectivity index (χ1) is 8.97. The minimum atomic E-state index is 0.283. The molecular formula is C14H20ClN3O. The van der Waals surface area contributed by atoms with Crippen molar-refractivity contribution in [2.75, 3.05) is 13.2 Å². The zero-order chi connectivity index (χ0) is 14.4. The Hall–Kier alpha value is -1.31. The summed E-state index contributed by atoms with van der Waals surface area (Å²) < 4.78 is 5.57. The zero-order valence-corrected chi connectivity index (χ0v) is 12.6. The Morgan fingerprint density at radius 2 is 2.00 bits per heavy atom. The van der Waals surface area contributed by atoms with Gasteiger partial charge in [-0.2, -0.15) is 5.26 Å². The van der Waals surface area contributed by atoms with Crippen LogP contribution in [-0.4, -0.2) is 35.1 Å². The molecule has 0 atom stereocenters. The smallest absolute Gasteiger partial charge is 0.233 e. The average Bonchev–Trinajstić information content (AvgIpc) is 2.35. The second-order valence-electron chi connectivity index (χ2n) is 4.86. The van der Waals surface area contributed by atoms with Gasteiger partial charge in [0.1, 0.15) is 17.7 Å². The lowest BCUT2D eigenvalue weighted by Crippen LogP contribution is -2.39. The van der Waals surface area contributed by atoms with Crippen molar-refractivity contribution >= 4 is 11.6 Å². The number of nitriles is 1. The minimum Gasteiger partial charge on any atom is -0.475 e. The number of pyridine rings is 1. The highest BCUT2D eigenvalue weighted by atomic mass is 35.5. The van der Waals surface area contributed by atoms with Crippen molar-refractivity contribution in [2.24, 2.45) is 0 Å². The normalized spacial score (nSPS) is 11.1. The molecule has 0 amide bonds. The Morgan fingerprint density at radius 1 is 1.37 bits per heavy atom. The van der Waals surface area contributed by atoms with Crippen LogP contribution in [0.1, 0.15) is 33.3 Å². The maximum atomic E-state index is 8.88. The monoisotopic (exact) mass is 281 g/mol. The number of hydrogen-bond acceptors (Lipinski definition) is 4. The van der Waals surface area contributed by atoms with Crippen molar-refractivity contribution in [1.29, 1.82) is 5.26 Å². The molecule has 0 bridgehead atoms. The fourth-order valence-corrected chi connectivity index (χ4v) is 2.18. The second-order valence-corrected chi connectivity index (χ2v) is 5.24. The lowest BCUT2D eigenvalue weighted by molar-refractivity contribution is 0.140. The van der Waals surface area contributed by atoms with Crippen molar-refractivity contribution in [3.63, 3.8) is 0 Å². The van der Waals surface area contributed by atoms with Gasteiger partial charge in [0.2, 0.25) is 5.88 Å². The predicted molar refractivity (Wildman–Crippen MR) is 76.4 cm³/mol. The molecule has 0 radical (unpaired) electrons. The van der Waals surface area contributed by atoms with E-state index in [4.69, 9.17) is 21.6 Å². The summed E-state index contributed by atoms with van der Waals surface area (Å²) in [5, 5.41) is 9.16. The Balaban J connectivity index is 2.61. The lowest BCUT2D eigenvalue weighted by atomic mass is 10.2. The molecule has 1 rings (SSSR count). The predicted octanol–water partition coefficient (Wildman–Crippen LogP) is 3.10. The first-order valence-electron chi connectivity index (χ1n) is 6.40. The summed E-state index contributed by atoms with van der Waals surface area (Å²) in [7, 11) is 0. The maximum absolute atomic E-state index is 8.88. The molecule has 0 aromatic carbocycles. The van der Waals surface area contributed by atoms with Gasteiger partial charge in [0.15, 0.2) is 0 Å². The van der Waals surface area contributed by atoms with Crippen molar-refractivity contribution in [2.45, 2.75) is 39.8 Å². The summed E-state index contributed by atoms with van der Waals surface area (Å²) in [6, 6.07) is 4.49. The van der Waals surface area contributed by atoms with E-state index in [0.29, 0.717) is 30.1 Å². The van der Waals surface area contributed by atoms with E-state index in [0.717, 1.165) is 6.54 Å². The number of halogens is 1. The van der Waals surface area contributed by atoms with Crippen molar-refractivity contribution < 1.29 is 4.74 Å². The van der Waals surface area contributed by atoms with Crippen LogP contribution < -0.4 is 4.74 Å². The SMILES string of the molecule is CC(C)N(CCOc1nccc(C#N)c1Cl)C(C)C. The third kappa shape index (κ3) is 4.38. The van der Waals surface area contributed by atoms with Crippen molar-refractivity contribution in [3.8, 4) is 11.9 Å². The van der Waals surface area contributed by atoms with Crippen LogP contribution in [-0.2, 0) is 0 Å². The third-order valence-corrected chi connectivity index (χ3v) is 3.26. The summed E-state index contributed by atoms with van der Waals surface area (Å²) in [5.74, 6) is 0.327. The van der Waals surface area contributed by atoms with Gasteiger partial charge in [-0.05, 0) is 33.8 Å². The fraction of sp³-hybridized carbons (Fsp3) is 0.571. The van der Waals surface area contributed by atoms with Crippen LogP contribution in [0.2, 0.25) is 5.02 Å². The molecule has 0 aliphatic carbocycles. The van der Waals surface area contributed by atoms with Gasteiger partial charge in [-0.25, -0.2) is 4.98 Å². The number of nitrogens with zero attached hydrogens (tertiary/aromatic N) is 3. The molecule has 104 valence electrons. The molecule has 1 aromatic heterocycles. The van der Waals surface area contributed by atoms with Gasteiger partial charge in [0.05, 0.1) is 5.56 Å². The molecule has 0 saturated heterocycles. The second kappa shape index (κ2) is 7.32. The standard InChI is InChI=1S/C14H20ClN3O/c1-10(2)18(11(3)4)7-8-19-14-13(15)12(9-16)5-6-17-14/h5-6,10-11H,7-8H2,1-4H3. The first kappa shape index (κ1) is 15.7. The van der Waals surface area contributed by atoms with Crippen LogP contribution in [0.3, 0.4) is 0 Å². The Kier molecular flexibility index (Phi) is 6.07. The summed E-state index contributed by atoms with van der Waals surface area (Å²) in [4.78, 5) is 6.37. The van der Waals surface area contributed by atoms with Crippen molar-refractivity contribution in [3.05, 3.63) is 22.8 Å². The highest BCUT2D eigenvalue weighted by Gasteiger charge is 2.14. The molecule has 0 aliphatic rings. The van der Waals surface area contributed by atoms with Gasteiger partial charge < -0.3 is 4.74 Å². The highest BCUT2D eigenvalue weighted by molar-refractivity contribution is 6.32. The van der Waals surface area contributed by atoms with E-state index in [1.165, 1.54) is 6.20 Å². The molecule has 0 fully saturated rings. The van der Waals surface area contributed by atoms with E-state index in [1.807, 2.05) is 6.07 Å². The third-order valence-electron chi connectivity index (χ3n) is 2.89. The van der Waals surface area contributed by atoms with E-state index in [1.54, 1.807) is 6.07 Å². The number of rotatable bonds is 6. The Bertz CT molecular complexity index is 446. The first-order valence-corrected chi connectivity index (χ1v) is 6.78. The molecule has 0 saturated carbocycles. The van der Waals surface area contributed by atoms with Gasteiger partial charge in [-0.1, -0.05) is 11.6 Å². The van der Waals surface area contributed by atoms with Crippen LogP contribution in [0.15, 0.2) is 12.3 Å². The van der Waals surface area contributed by atoms with Crippen LogP contribution in [0.5, 0.6) is 5.88 Å². The topological polar surface area (TPSA) is 49.1 Å². The molecule has 5 heteroatoms. The van der Waals surface area contributed by atoms with Crippen LogP contribution >= 0.6 is 11.6 Å². The largest absolute Gasteiger partial charge is 0.475 e. The molecule has 4 nitrogen and oxygen atoms in total. The van der Waals surface area contributed by atoms with E-state index in [-0.39, 0.29) is 5.02 Å². The average molecular weight is 282 g/mol. The molecule has 1 aromatic rings. The van der Waals surface area contributed by atoms with Crippen LogP contribution in [0.4, 0.5) is 0 Å². The fourth-order valence-electron chi connectivity index (χ4n) is 1.97. The molecule has 0 aliphatic heterocycles. The molecule has 19 heavy (non-hydrogen) atoms. The minimum absolute atomic E-state index is 0.283. The van der Waals surface area contributed by atoms with Gasteiger partial charge in [0.25, 0.3) is 0 Å². The van der Waals surface area contributed by atoms with Crippen LogP contribution in [0, 0.1) is 11.3 Å². The molecule has 0 unspecified atom stereocenters. The summed E-state index contributed by atoms with van der Waals surface area (Å²) in [6.07, 6.45) is 1.53. The summed E-state index contributed by atoms with van der Waals surface area (Å²) >= 11 is 6.03.